The van der Waals surface area contributed by atoms with E-state index in [4.69, 9.17) is 0 Å². The molecule has 1 rings (SSSR count). The van der Waals surface area contributed by atoms with Crippen LogP contribution in [-0.4, -0.2) is 31.6 Å². The molecule has 15 heavy (non-hydrogen) atoms. The Morgan fingerprint density at radius 3 is 2.87 bits per heavy atom. The summed E-state index contributed by atoms with van der Waals surface area (Å²) in [7, 11) is 2.16. The standard InChI is InChI=1S/C12H22N2S/c1-4-11-6-9-15-12(11)10-13-7-8-14(3)5-2/h6,9,13H,4-5,7-8,10H2,1-3H3. The lowest BCUT2D eigenvalue weighted by atomic mass is 10.2. The number of thiophene rings is 1. The topological polar surface area (TPSA) is 15.3 Å². The van der Waals surface area contributed by atoms with Gasteiger partial charge in [0.25, 0.3) is 0 Å². The molecule has 1 aromatic heterocycles. The van der Waals surface area contributed by atoms with E-state index in [1.165, 1.54) is 10.4 Å². The molecule has 0 aliphatic rings. The molecule has 2 nitrogen and oxygen atoms in total. The van der Waals surface area contributed by atoms with Crippen LogP contribution in [0, 0.1) is 0 Å². The zero-order chi connectivity index (χ0) is 11.1. The second kappa shape index (κ2) is 6.99. The molecular weight excluding hydrogens is 204 g/mol. The lowest BCUT2D eigenvalue weighted by molar-refractivity contribution is 0.349. The van der Waals surface area contributed by atoms with Crippen molar-refractivity contribution < 1.29 is 0 Å². The van der Waals surface area contributed by atoms with Crippen molar-refractivity contribution in [2.75, 3.05) is 26.7 Å². The Morgan fingerprint density at radius 1 is 1.40 bits per heavy atom. The highest BCUT2D eigenvalue weighted by Crippen LogP contribution is 2.16. The summed E-state index contributed by atoms with van der Waals surface area (Å²) in [5, 5.41) is 5.68. The third-order valence-corrected chi connectivity index (χ3v) is 3.68. The molecule has 0 aromatic carbocycles. The van der Waals surface area contributed by atoms with Gasteiger partial charge in [0, 0.05) is 24.5 Å². The third-order valence-electron chi connectivity index (χ3n) is 2.71. The lowest BCUT2D eigenvalue weighted by Gasteiger charge is -2.13. The molecule has 0 atom stereocenters. The number of hydrogen-bond donors (Lipinski definition) is 1. The molecule has 0 aliphatic carbocycles. The fourth-order valence-electron chi connectivity index (χ4n) is 1.47. The van der Waals surface area contributed by atoms with Gasteiger partial charge in [0.2, 0.25) is 0 Å². The first-order valence-electron chi connectivity index (χ1n) is 5.72. The summed E-state index contributed by atoms with van der Waals surface area (Å²) >= 11 is 1.86. The van der Waals surface area contributed by atoms with Crippen molar-refractivity contribution in [3.8, 4) is 0 Å². The van der Waals surface area contributed by atoms with Gasteiger partial charge in [0.15, 0.2) is 0 Å². The normalized spacial score (nSPS) is 11.2. The molecule has 86 valence electrons. The van der Waals surface area contributed by atoms with Gasteiger partial charge < -0.3 is 10.2 Å². The molecule has 0 unspecified atom stereocenters. The predicted molar refractivity (Wildman–Crippen MR) is 68.6 cm³/mol. The van der Waals surface area contributed by atoms with Crippen LogP contribution in [0.3, 0.4) is 0 Å². The third kappa shape index (κ3) is 4.33. The summed E-state index contributed by atoms with van der Waals surface area (Å²) in [4.78, 5) is 3.82. The number of rotatable bonds is 7. The summed E-state index contributed by atoms with van der Waals surface area (Å²) in [6.45, 7) is 8.76. The van der Waals surface area contributed by atoms with Gasteiger partial charge in [-0.2, -0.15) is 0 Å². The molecule has 0 radical (unpaired) electrons. The molecule has 0 saturated carbocycles. The Kier molecular flexibility index (Phi) is 5.91. The molecule has 1 heterocycles. The van der Waals surface area contributed by atoms with E-state index in [-0.39, 0.29) is 0 Å². The zero-order valence-corrected chi connectivity index (χ0v) is 10.9. The van der Waals surface area contributed by atoms with Crippen LogP contribution in [0.25, 0.3) is 0 Å². The van der Waals surface area contributed by atoms with Crippen molar-refractivity contribution in [2.45, 2.75) is 26.8 Å². The molecule has 0 fully saturated rings. The van der Waals surface area contributed by atoms with Gasteiger partial charge in [0.05, 0.1) is 0 Å². The average Bonchev–Trinajstić information content (AvgIpc) is 2.71. The Labute approximate surface area is 97.3 Å². The van der Waals surface area contributed by atoms with Crippen LogP contribution >= 0.6 is 11.3 Å². The molecule has 0 spiro atoms. The second-order valence-corrected chi connectivity index (χ2v) is 4.80. The number of nitrogens with zero attached hydrogens (tertiary/aromatic N) is 1. The summed E-state index contributed by atoms with van der Waals surface area (Å²) in [6.07, 6.45) is 1.15. The summed E-state index contributed by atoms with van der Waals surface area (Å²) in [5.41, 5.74) is 1.50. The molecule has 0 amide bonds. The summed E-state index contributed by atoms with van der Waals surface area (Å²) in [6, 6.07) is 2.24. The Morgan fingerprint density at radius 2 is 2.20 bits per heavy atom. The first-order valence-corrected chi connectivity index (χ1v) is 6.60. The number of nitrogens with one attached hydrogen (secondary N) is 1. The SMILES string of the molecule is CCc1ccsc1CNCCN(C)CC. The van der Waals surface area contributed by atoms with Crippen LogP contribution in [0.5, 0.6) is 0 Å². The largest absolute Gasteiger partial charge is 0.311 e. The quantitative estimate of drug-likeness (QED) is 0.718. The van der Waals surface area contributed by atoms with Crippen molar-refractivity contribution in [1.82, 2.24) is 10.2 Å². The van der Waals surface area contributed by atoms with Crippen LogP contribution in [0.4, 0.5) is 0 Å². The first kappa shape index (κ1) is 12.7. The van der Waals surface area contributed by atoms with Gasteiger partial charge in [0.1, 0.15) is 0 Å². The zero-order valence-electron chi connectivity index (χ0n) is 10.0. The van der Waals surface area contributed by atoms with Crippen LogP contribution in [0.15, 0.2) is 11.4 Å². The maximum absolute atomic E-state index is 3.50. The maximum Gasteiger partial charge on any atom is 0.0303 e. The van der Waals surface area contributed by atoms with Crippen molar-refractivity contribution in [2.24, 2.45) is 0 Å². The minimum Gasteiger partial charge on any atom is -0.311 e. The van der Waals surface area contributed by atoms with E-state index in [9.17, 15) is 0 Å². The monoisotopic (exact) mass is 226 g/mol. The number of aryl methyl sites for hydroxylation is 1. The molecular formula is C12H22N2S. The molecule has 3 heteroatoms. The highest BCUT2D eigenvalue weighted by Gasteiger charge is 2.01. The Bertz CT molecular complexity index is 270. The van der Waals surface area contributed by atoms with Gasteiger partial charge in [-0.3, -0.25) is 0 Å². The molecule has 0 bridgehead atoms. The average molecular weight is 226 g/mol. The molecule has 0 aliphatic heterocycles. The van der Waals surface area contributed by atoms with Crippen LogP contribution in [-0.2, 0) is 13.0 Å². The number of likely N-dealkylation sites (N-methyl/N-ethyl adjacent to an activating group) is 1. The summed E-state index contributed by atoms with van der Waals surface area (Å²) < 4.78 is 0. The van der Waals surface area contributed by atoms with Crippen molar-refractivity contribution >= 4 is 11.3 Å². The highest BCUT2D eigenvalue weighted by molar-refractivity contribution is 7.10. The summed E-state index contributed by atoms with van der Waals surface area (Å²) in [5.74, 6) is 0. The minimum atomic E-state index is 1.03. The van der Waals surface area contributed by atoms with E-state index in [2.05, 4.69) is 42.6 Å². The van der Waals surface area contributed by atoms with Crippen molar-refractivity contribution in [3.63, 3.8) is 0 Å². The van der Waals surface area contributed by atoms with Gasteiger partial charge in [-0.05, 0) is 37.0 Å². The van der Waals surface area contributed by atoms with Crippen molar-refractivity contribution in [1.29, 1.82) is 0 Å². The molecule has 0 saturated heterocycles. The van der Waals surface area contributed by atoms with E-state index in [1.54, 1.807) is 0 Å². The smallest absolute Gasteiger partial charge is 0.0303 e. The van der Waals surface area contributed by atoms with Crippen LogP contribution < -0.4 is 5.32 Å². The second-order valence-electron chi connectivity index (χ2n) is 3.80. The van der Waals surface area contributed by atoms with Crippen LogP contribution in [0.2, 0.25) is 0 Å². The van der Waals surface area contributed by atoms with Gasteiger partial charge >= 0.3 is 0 Å². The highest BCUT2D eigenvalue weighted by atomic mass is 32.1. The van der Waals surface area contributed by atoms with E-state index in [1.807, 2.05) is 11.3 Å². The van der Waals surface area contributed by atoms with E-state index in [0.717, 1.165) is 32.6 Å². The number of hydrogen-bond acceptors (Lipinski definition) is 3. The first-order chi connectivity index (χ1) is 7.27. The lowest BCUT2D eigenvalue weighted by Crippen LogP contribution is -2.28. The van der Waals surface area contributed by atoms with Crippen LogP contribution in [0.1, 0.15) is 24.3 Å². The fraction of sp³-hybridized carbons (Fsp3) is 0.667. The van der Waals surface area contributed by atoms with Gasteiger partial charge in [-0.1, -0.05) is 13.8 Å². The fourth-order valence-corrected chi connectivity index (χ4v) is 2.41. The van der Waals surface area contributed by atoms with Crippen molar-refractivity contribution in [3.05, 3.63) is 21.9 Å². The Balaban J connectivity index is 2.20. The van der Waals surface area contributed by atoms with Gasteiger partial charge in [-0.15, -0.1) is 11.3 Å². The van der Waals surface area contributed by atoms with Gasteiger partial charge in [-0.25, -0.2) is 0 Å². The molecule has 1 aromatic rings. The predicted octanol–water partition coefficient (Wildman–Crippen LogP) is 2.35. The minimum absolute atomic E-state index is 1.03. The maximum atomic E-state index is 3.50. The molecule has 1 N–H and O–H groups in total. The Hall–Kier alpha value is -0.380. The van der Waals surface area contributed by atoms with E-state index in [0.29, 0.717) is 0 Å². The van der Waals surface area contributed by atoms with E-state index >= 15 is 0 Å². The van der Waals surface area contributed by atoms with E-state index < -0.39 is 0 Å².